The van der Waals surface area contributed by atoms with Gasteiger partial charge in [0.15, 0.2) is 0 Å². The molecule has 1 aromatic heterocycles. The van der Waals surface area contributed by atoms with Crippen LogP contribution in [0.5, 0.6) is 0 Å². The van der Waals surface area contributed by atoms with Crippen molar-refractivity contribution in [1.82, 2.24) is 9.55 Å². The lowest BCUT2D eigenvalue weighted by atomic mass is 9.80. The van der Waals surface area contributed by atoms with Gasteiger partial charge in [-0.1, -0.05) is 13.8 Å². The van der Waals surface area contributed by atoms with Gasteiger partial charge in [-0.05, 0) is 37.5 Å². The molecule has 108 valence electrons. The van der Waals surface area contributed by atoms with Crippen LogP contribution < -0.4 is 5.32 Å². The van der Waals surface area contributed by atoms with Gasteiger partial charge in [-0.25, -0.2) is 4.98 Å². The van der Waals surface area contributed by atoms with Crippen molar-refractivity contribution in [2.75, 3.05) is 25.6 Å². The summed E-state index contributed by atoms with van der Waals surface area (Å²) in [4.78, 5) is 4.45. The van der Waals surface area contributed by atoms with Crippen LogP contribution in [0.25, 0.3) is 0 Å². The van der Waals surface area contributed by atoms with Crippen LogP contribution in [0.2, 0.25) is 0 Å². The molecule has 0 radical (unpaired) electrons. The number of ether oxygens (including phenoxy) is 1. The smallest absolute Gasteiger partial charge is 0.203 e. The van der Waals surface area contributed by atoms with Crippen LogP contribution in [-0.2, 0) is 4.74 Å². The monoisotopic (exact) mass is 265 g/mol. The van der Waals surface area contributed by atoms with E-state index >= 15 is 0 Å². The second-order valence-corrected chi connectivity index (χ2v) is 5.89. The fourth-order valence-corrected chi connectivity index (χ4v) is 3.20. The van der Waals surface area contributed by atoms with E-state index in [0.29, 0.717) is 6.04 Å². The van der Waals surface area contributed by atoms with Gasteiger partial charge in [-0.3, -0.25) is 0 Å². The molecule has 1 N–H and O–H groups in total. The molecule has 1 aliphatic carbocycles. The number of nitrogens with one attached hydrogen (secondary N) is 1. The molecule has 3 atom stereocenters. The van der Waals surface area contributed by atoms with Gasteiger partial charge in [0.1, 0.15) is 0 Å². The lowest BCUT2D eigenvalue weighted by Gasteiger charge is -2.34. The highest BCUT2D eigenvalue weighted by Gasteiger charge is 2.27. The molecule has 1 heterocycles. The third-order valence-corrected chi connectivity index (χ3v) is 4.22. The average Bonchev–Trinajstić information content (AvgIpc) is 2.83. The molecule has 0 aliphatic heterocycles. The molecule has 1 saturated carbocycles. The molecule has 19 heavy (non-hydrogen) atoms. The Labute approximate surface area is 116 Å². The molecule has 1 fully saturated rings. The van der Waals surface area contributed by atoms with E-state index in [1.54, 1.807) is 7.11 Å². The van der Waals surface area contributed by atoms with Crippen molar-refractivity contribution in [2.24, 2.45) is 11.8 Å². The third kappa shape index (κ3) is 3.72. The average molecular weight is 265 g/mol. The Balaban J connectivity index is 1.94. The van der Waals surface area contributed by atoms with Crippen LogP contribution in [0.4, 0.5) is 5.95 Å². The van der Waals surface area contributed by atoms with E-state index in [2.05, 4.69) is 34.9 Å². The molecule has 0 aromatic carbocycles. The number of nitrogens with zero attached hydrogens (tertiary/aromatic N) is 2. The summed E-state index contributed by atoms with van der Waals surface area (Å²) in [6, 6.07) is 0.601. The molecule has 0 spiro atoms. The zero-order valence-electron chi connectivity index (χ0n) is 12.4. The zero-order valence-corrected chi connectivity index (χ0v) is 12.4. The van der Waals surface area contributed by atoms with E-state index in [4.69, 9.17) is 4.74 Å². The minimum Gasteiger partial charge on any atom is -0.385 e. The number of methoxy groups -OCH3 is 1. The summed E-state index contributed by atoms with van der Waals surface area (Å²) in [5, 5.41) is 3.43. The van der Waals surface area contributed by atoms with Gasteiger partial charge in [-0.2, -0.15) is 0 Å². The number of hydrogen-bond donors (Lipinski definition) is 1. The summed E-state index contributed by atoms with van der Waals surface area (Å²) >= 11 is 0. The molecule has 0 amide bonds. The Morgan fingerprint density at radius 1 is 1.42 bits per heavy atom. The maximum Gasteiger partial charge on any atom is 0.203 e. The van der Waals surface area contributed by atoms with Crippen LogP contribution in [0, 0.1) is 11.8 Å². The van der Waals surface area contributed by atoms with Gasteiger partial charge < -0.3 is 14.6 Å². The van der Waals surface area contributed by atoms with Crippen molar-refractivity contribution in [3.63, 3.8) is 0 Å². The molecule has 2 rings (SSSR count). The molecule has 4 nitrogen and oxygen atoms in total. The quantitative estimate of drug-likeness (QED) is 0.802. The fraction of sp³-hybridized carbons (Fsp3) is 0.800. The van der Waals surface area contributed by atoms with Gasteiger partial charge in [0, 0.05) is 38.7 Å². The summed E-state index contributed by atoms with van der Waals surface area (Å²) in [5.41, 5.74) is 0. The first-order valence-corrected chi connectivity index (χ1v) is 7.48. The van der Waals surface area contributed by atoms with E-state index in [-0.39, 0.29) is 0 Å². The molecular formula is C15H27N3O. The predicted octanol–water partition coefficient (Wildman–Crippen LogP) is 3.33. The van der Waals surface area contributed by atoms with Crippen molar-refractivity contribution < 1.29 is 4.74 Å². The van der Waals surface area contributed by atoms with Gasteiger partial charge in [-0.15, -0.1) is 0 Å². The molecule has 4 heteroatoms. The SMILES string of the molecule is COCCCNc1nccn1C1CCC(C)CC1C. The Kier molecular flexibility index (Phi) is 5.25. The normalized spacial score (nSPS) is 27.4. The molecule has 3 unspecified atom stereocenters. The number of imidazole rings is 1. The highest BCUT2D eigenvalue weighted by molar-refractivity contribution is 5.26. The highest BCUT2D eigenvalue weighted by atomic mass is 16.5. The minimum atomic E-state index is 0.601. The zero-order chi connectivity index (χ0) is 13.7. The fourth-order valence-electron chi connectivity index (χ4n) is 3.20. The van der Waals surface area contributed by atoms with Crippen molar-refractivity contribution in [1.29, 1.82) is 0 Å². The Hall–Kier alpha value is -1.03. The number of hydrogen-bond acceptors (Lipinski definition) is 3. The summed E-state index contributed by atoms with van der Waals surface area (Å²) in [6.07, 6.45) is 8.97. The minimum absolute atomic E-state index is 0.601. The van der Waals surface area contributed by atoms with Crippen LogP contribution >= 0.6 is 0 Å². The first kappa shape index (κ1) is 14.4. The first-order valence-electron chi connectivity index (χ1n) is 7.48. The first-order chi connectivity index (χ1) is 9.22. The Morgan fingerprint density at radius 2 is 2.26 bits per heavy atom. The van der Waals surface area contributed by atoms with Gasteiger partial charge in [0.25, 0.3) is 0 Å². The standard InChI is InChI=1S/C15H27N3O/c1-12-5-6-14(13(2)11-12)18-9-8-17-15(18)16-7-4-10-19-3/h8-9,12-14H,4-7,10-11H2,1-3H3,(H,16,17). The highest BCUT2D eigenvalue weighted by Crippen LogP contribution is 2.37. The van der Waals surface area contributed by atoms with Crippen LogP contribution in [0.15, 0.2) is 12.4 Å². The van der Waals surface area contributed by atoms with Crippen LogP contribution in [0.3, 0.4) is 0 Å². The van der Waals surface area contributed by atoms with E-state index in [1.165, 1.54) is 19.3 Å². The summed E-state index contributed by atoms with van der Waals surface area (Å²) in [5.74, 6) is 2.62. The van der Waals surface area contributed by atoms with E-state index in [1.807, 2.05) is 6.20 Å². The summed E-state index contributed by atoms with van der Waals surface area (Å²) in [7, 11) is 1.74. The lowest BCUT2D eigenvalue weighted by molar-refractivity contribution is 0.197. The van der Waals surface area contributed by atoms with Crippen molar-refractivity contribution in [3.8, 4) is 0 Å². The Bertz CT molecular complexity index is 377. The molecule has 0 bridgehead atoms. The number of anilines is 1. The largest absolute Gasteiger partial charge is 0.385 e. The summed E-state index contributed by atoms with van der Waals surface area (Å²) < 4.78 is 7.41. The maximum atomic E-state index is 5.07. The topological polar surface area (TPSA) is 39.1 Å². The molecular weight excluding hydrogens is 238 g/mol. The predicted molar refractivity (Wildman–Crippen MR) is 78.4 cm³/mol. The lowest BCUT2D eigenvalue weighted by Crippen LogP contribution is -2.25. The van der Waals surface area contributed by atoms with Crippen LogP contribution in [0.1, 0.15) is 45.6 Å². The van der Waals surface area contributed by atoms with Crippen molar-refractivity contribution in [2.45, 2.75) is 45.6 Å². The second kappa shape index (κ2) is 6.94. The van der Waals surface area contributed by atoms with E-state index in [9.17, 15) is 0 Å². The second-order valence-electron chi connectivity index (χ2n) is 5.89. The molecule has 0 saturated heterocycles. The van der Waals surface area contributed by atoms with Gasteiger partial charge >= 0.3 is 0 Å². The van der Waals surface area contributed by atoms with E-state index in [0.717, 1.165) is 37.4 Å². The van der Waals surface area contributed by atoms with E-state index < -0.39 is 0 Å². The van der Waals surface area contributed by atoms with Crippen LogP contribution in [-0.4, -0.2) is 29.8 Å². The van der Waals surface area contributed by atoms with Crippen molar-refractivity contribution >= 4 is 5.95 Å². The Morgan fingerprint density at radius 3 is 3.00 bits per heavy atom. The maximum absolute atomic E-state index is 5.07. The molecule has 1 aliphatic rings. The van der Waals surface area contributed by atoms with Gasteiger partial charge in [0.05, 0.1) is 0 Å². The summed E-state index contributed by atoms with van der Waals surface area (Å²) in [6.45, 7) is 6.45. The third-order valence-electron chi connectivity index (χ3n) is 4.22. The molecule has 1 aromatic rings. The number of rotatable bonds is 6. The van der Waals surface area contributed by atoms with Gasteiger partial charge in [0.2, 0.25) is 5.95 Å². The number of aromatic nitrogens is 2. The van der Waals surface area contributed by atoms with Crippen molar-refractivity contribution in [3.05, 3.63) is 12.4 Å².